The van der Waals surface area contributed by atoms with Crippen molar-refractivity contribution in [2.75, 3.05) is 20.8 Å². The number of hydrogen-bond acceptors (Lipinski definition) is 10. The first-order valence-corrected chi connectivity index (χ1v) is 8.76. The molecule has 0 aromatic rings. The van der Waals surface area contributed by atoms with Crippen molar-refractivity contribution in [2.24, 2.45) is 5.11 Å². The maximum absolute atomic E-state index is 12.0. The van der Waals surface area contributed by atoms with Crippen molar-refractivity contribution in [3.63, 3.8) is 0 Å². The Hall–Kier alpha value is -3.31. The number of nitrogens with zero attached hydrogens (tertiary/aromatic N) is 3. The van der Waals surface area contributed by atoms with Gasteiger partial charge in [0.05, 0.1) is 19.2 Å². The molecule has 13 heteroatoms. The van der Waals surface area contributed by atoms with Gasteiger partial charge in [-0.1, -0.05) is 5.11 Å². The molecule has 0 aromatic carbocycles. The standard InChI is InChI=1S/C17H24N4O9/c1-8(22)19-14-11(20-21-18)6-12(17(25)27-5)30-16(14)15(26-4)13(29-10(3)24)7-28-9(2)23/h6,11,13-16H,7H2,1-5H3,(H,19,22)/t11-,13+,14+,15+,16+/m0/s1. The van der Waals surface area contributed by atoms with Crippen molar-refractivity contribution < 1.29 is 42.9 Å². The van der Waals surface area contributed by atoms with Gasteiger partial charge < -0.3 is 29.0 Å². The average molecular weight is 428 g/mol. The lowest BCUT2D eigenvalue weighted by molar-refractivity contribution is -0.178. The quantitative estimate of drug-likeness (QED) is 0.176. The molecule has 1 amide bonds. The first kappa shape index (κ1) is 24.7. The summed E-state index contributed by atoms with van der Waals surface area (Å²) in [5, 5.41) is 6.18. The van der Waals surface area contributed by atoms with Crippen LogP contribution in [0.1, 0.15) is 20.8 Å². The van der Waals surface area contributed by atoms with Crippen molar-refractivity contribution in [1.82, 2.24) is 5.32 Å². The maximum atomic E-state index is 12.0. The Labute approximate surface area is 172 Å². The van der Waals surface area contributed by atoms with E-state index in [9.17, 15) is 19.2 Å². The third-order valence-corrected chi connectivity index (χ3v) is 3.98. The zero-order valence-electron chi connectivity index (χ0n) is 17.2. The molecule has 0 saturated heterocycles. The second-order valence-corrected chi connectivity index (χ2v) is 6.18. The Morgan fingerprint density at radius 3 is 2.37 bits per heavy atom. The van der Waals surface area contributed by atoms with E-state index in [1.54, 1.807) is 0 Å². The van der Waals surface area contributed by atoms with Crippen LogP contribution in [0.25, 0.3) is 10.4 Å². The monoisotopic (exact) mass is 428 g/mol. The number of rotatable bonds is 9. The fourth-order valence-electron chi connectivity index (χ4n) is 2.87. The van der Waals surface area contributed by atoms with Crippen molar-refractivity contribution in [3.05, 3.63) is 22.3 Å². The summed E-state index contributed by atoms with van der Waals surface area (Å²) in [4.78, 5) is 49.3. The summed E-state index contributed by atoms with van der Waals surface area (Å²) in [7, 11) is 2.39. The Kier molecular flexibility index (Phi) is 9.59. The van der Waals surface area contributed by atoms with Gasteiger partial charge in [-0.2, -0.15) is 0 Å². The van der Waals surface area contributed by atoms with Crippen LogP contribution in [-0.2, 0) is 42.9 Å². The lowest BCUT2D eigenvalue weighted by Crippen LogP contribution is -2.60. The van der Waals surface area contributed by atoms with Crippen LogP contribution in [0.3, 0.4) is 0 Å². The second-order valence-electron chi connectivity index (χ2n) is 6.18. The van der Waals surface area contributed by atoms with Gasteiger partial charge in [0.25, 0.3) is 0 Å². The number of hydrogen-bond donors (Lipinski definition) is 1. The Morgan fingerprint density at radius 2 is 1.90 bits per heavy atom. The largest absolute Gasteiger partial charge is 0.478 e. The fraction of sp³-hybridized carbons (Fsp3) is 0.647. The van der Waals surface area contributed by atoms with Gasteiger partial charge in [-0.3, -0.25) is 14.4 Å². The van der Waals surface area contributed by atoms with Gasteiger partial charge in [-0.25, -0.2) is 4.79 Å². The number of amides is 1. The number of nitrogens with one attached hydrogen (secondary N) is 1. The number of carbonyl (C=O) groups is 4. The van der Waals surface area contributed by atoms with Crippen molar-refractivity contribution in [2.45, 2.75) is 51.2 Å². The van der Waals surface area contributed by atoms with E-state index in [1.807, 2.05) is 0 Å². The molecule has 0 aromatic heterocycles. The third kappa shape index (κ3) is 6.94. The van der Waals surface area contributed by atoms with Crippen molar-refractivity contribution in [3.8, 4) is 0 Å². The van der Waals surface area contributed by atoms with Crippen molar-refractivity contribution >= 4 is 23.8 Å². The first-order valence-electron chi connectivity index (χ1n) is 8.76. The molecule has 5 atom stereocenters. The smallest absolute Gasteiger partial charge is 0.372 e. The topological polar surface area (TPSA) is 175 Å². The highest BCUT2D eigenvalue weighted by molar-refractivity contribution is 5.86. The van der Waals surface area contributed by atoms with E-state index in [4.69, 9.17) is 24.5 Å². The van der Waals surface area contributed by atoms with Gasteiger partial charge in [0, 0.05) is 32.8 Å². The summed E-state index contributed by atoms with van der Waals surface area (Å²) in [6.07, 6.45) is -2.30. The van der Waals surface area contributed by atoms with E-state index in [-0.39, 0.29) is 12.4 Å². The van der Waals surface area contributed by atoms with E-state index >= 15 is 0 Å². The van der Waals surface area contributed by atoms with Gasteiger partial charge in [-0.15, -0.1) is 0 Å². The Morgan fingerprint density at radius 1 is 1.23 bits per heavy atom. The normalized spacial score (nSPS) is 22.2. The van der Waals surface area contributed by atoms with Gasteiger partial charge in [-0.05, 0) is 11.6 Å². The molecule has 13 nitrogen and oxygen atoms in total. The molecule has 0 unspecified atom stereocenters. The fourth-order valence-corrected chi connectivity index (χ4v) is 2.87. The highest BCUT2D eigenvalue weighted by atomic mass is 16.6. The molecule has 0 fully saturated rings. The molecule has 0 spiro atoms. The Bertz CT molecular complexity index is 748. The molecule has 166 valence electrons. The molecular formula is C17H24N4O9. The van der Waals surface area contributed by atoms with Crippen LogP contribution in [0.15, 0.2) is 16.9 Å². The molecule has 1 heterocycles. The van der Waals surface area contributed by atoms with Crippen LogP contribution >= 0.6 is 0 Å². The van der Waals surface area contributed by atoms with Gasteiger partial charge in [0.2, 0.25) is 11.7 Å². The predicted molar refractivity (Wildman–Crippen MR) is 98.5 cm³/mol. The molecule has 0 saturated carbocycles. The highest BCUT2D eigenvalue weighted by Gasteiger charge is 2.46. The Balaban J connectivity index is 3.43. The van der Waals surface area contributed by atoms with Gasteiger partial charge >= 0.3 is 17.9 Å². The summed E-state index contributed by atoms with van der Waals surface area (Å²) in [6.45, 7) is 3.15. The minimum absolute atomic E-state index is 0.294. The summed E-state index contributed by atoms with van der Waals surface area (Å²) >= 11 is 0. The average Bonchev–Trinajstić information content (AvgIpc) is 2.67. The van der Waals surface area contributed by atoms with Crippen LogP contribution in [0.4, 0.5) is 0 Å². The van der Waals surface area contributed by atoms with Gasteiger partial charge in [0.1, 0.15) is 18.8 Å². The number of carbonyl (C=O) groups excluding carboxylic acids is 4. The van der Waals surface area contributed by atoms with Crippen LogP contribution in [-0.4, -0.2) is 75.0 Å². The summed E-state index contributed by atoms with van der Waals surface area (Å²) in [5.74, 6) is -2.97. The van der Waals surface area contributed by atoms with E-state index < -0.39 is 54.2 Å². The molecule has 0 radical (unpaired) electrons. The van der Waals surface area contributed by atoms with Crippen LogP contribution in [0, 0.1) is 0 Å². The lowest BCUT2D eigenvalue weighted by Gasteiger charge is -2.40. The van der Waals surface area contributed by atoms with E-state index in [0.29, 0.717) is 0 Å². The van der Waals surface area contributed by atoms with E-state index in [0.717, 1.165) is 14.0 Å². The van der Waals surface area contributed by atoms with Crippen LogP contribution in [0.2, 0.25) is 0 Å². The van der Waals surface area contributed by atoms with Crippen LogP contribution in [0.5, 0.6) is 0 Å². The van der Waals surface area contributed by atoms with Crippen molar-refractivity contribution in [1.29, 1.82) is 0 Å². The number of azide groups is 1. The SMILES string of the molecule is COC(=O)C1=C[C@H](N=[N+]=[N-])[C@@H](NC(C)=O)[C@H]([C@H](OC)[C@@H](COC(C)=O)OC(C)=O)O1. The zero-order valence-corrected chi connectivity index (χ0v) is 17.2. The molecule has 30 heavy (non-hydrogen) atoms. The van der Waals surface area contributed by atoms with Crippen LogP contribution < -0.4 is 5.32 Å². The highest BCUT2D eigenvalue weighted by Crippen LogP contribution is 2.27. The van der Waals surface area contributed by atoms with E-state index in [2.05, 4.69) is 20.1 Å². The zero-order chi connectivity index (χ0) is 22.8. The molecule has 1 aliphatic heterocycles. The number of ether oxygens (including phenoxy) is 5. The maximum Gasteiger partial charge on any atom is 0.372 e. The molecule has 0 bridgehead atoms. The van der Waals surface area contributed by atoms with E-state index in [1.165, 1.54) is 27.0 Å². The molecule has 1 rings (SSSR count). The minimum Gasteiger partial charge on any atom is -0.478 e. The molecular weight excluding hydrogens is 404 g/mol. The lowest BCUT2D eigenvalue weighted by atomic mass is 9.92. The molecule has 0 aliphatic carbocycles. The number of esters is 3. The third-order valence-electron chi connectivity index (χ3n) is 3.98. The number of methoxy groups -OCH3 is 2. The first-order chi connectivity index (χ1) is 14.1. The minimum atomic E-state index is -1.19. The summed E-state index contributed by atoms with van der Waals surface area (Å²) in [5.41, 5.74) is 8.91. The summed E-state index contributed by atoms with van der Waals surface area (Å²) < 4.78 is 25.9. The van der Waals surface area contributed by atoms with Gasteiger partial charge in [0.15, 0.2) is 6.10 Å². The second kappa shape index (κ2) is 11.6. The predicted octanol–water partition coefficient (Wildman–Crippen LogP) is 0.136. The molecule has 1 aliphatic rings. The summed E-state index contributed by atoms with van der Waals surface area (Å²) in [6, 6.07) is -2.07. The molecule has 1 N–H and O–H groups in total.